The van der Waals surface area contributed by atoms with Crippen molar-refractivity contribution in [2.24, 2.45) is 0 Å². The summed E-state index contributed by atoms with van der Waals surface area (Å²) in [5.74, 6) is -0.524. The summed E-state index contributed by atoms with van der Waals surface area (Å²) in [4.78, 5) is 29.4. The number of hydrogen-bond donors (Lipinski definition) is 1. The SMILES string of the molecule is CCN(CC)S(=O)(=O)c1ccc(N(C(=O)Cn2nnc3ccccc32)[C@@H](C(=O)NC2CCCC2)c2ccco2)cc1. The summed E-state index contributed by atoms with van der Waals surface area (Å²) in [7, 11) is -3.72. The van der Waals surface area contributed by atoms with E-state index in [2.05, 4.69) is 15.6 Å². The fraction of sp³-hybridized carbons (Fsp3) is 0.379. The Morgan fingerprint density at radius 1 is 1.02 bits per heavy atom. The first-order valence-corrected chi connectivity index (χ1v) is 15.3. The van der Waals surface area contributed by atoms with Gasteiger partial charge in [0.1, 0.15) is 17.8 Å². The topological polar surface area (TPSA) is 131 Å². The van der Waals surface area contributed by atoms with E-state index < -0.39 is 22.0 Å². The summed E-state index contributed by atoms with van der Waals surface area (Å²) >= 11 is 0. The Hall–Kier alpha value is -4.03. The summed E-state index contributed by atoms with van der Waals surface area (Å²) in [6, 6.07) is 15.5. The number of benzene rings is 2. The van der Waals surface area contributed by atoms with Crippen LogP contribution in [0.15, 0.2) is 76.2 Å². The number of hydrogen-bond acceptors (Lipinski definition) is 7. The third-order valence-corrected chi connectivity index (χ3v) is 9.52. The molecule has 1 N–H and O–H groups in total. The zero-order valence-corrected chi connectivity index (χ0v) is 24.0. The average molecular weight is 579 g/mol. The quantitative estimate of drug-likeness (QED) is 0.286. The summed E-state index contributed by atoms with van der Waals surface area (Å²) < 4.78 is 34.8. The van der Waals surface area contributed by atoms with Gasteiger partial charge in [0.05, 0.1) is 16.7 Å². The van der Waals surface area contributed by atoms with Gasteiger partial charge in [-0.3, -0.25) is 14.5 Å². The van der Waals surface area contributed by atoms with Crippen LogP contribution < -0.4 is 10.2 Å². The van der Waals surface area contributed by atoms with Gasteiger partial charge in [-0.05, 0) is 61.4 Å². The van der Waals surface area contributed by atoms with E-state index in [0.717, 1.165) is 25.7 Å². The molecule has 5 rings (SSSR count). The van der Waals surface area contributed by atoms with E-state index in [4.69, 9.17) is 4.42 Å². The number of nitrogens with one attached hydrogen (secondary N) is 1. The second-order valence-electron chi connectivity index (χ2n) is 9.99. The summed E-state index contributed by atoms with van der Waals surface area (Å²) in [5, 5.41) is 11.4. The molecular weight excluding hydrogens is 544 g/mol. The molecule has 0 aliphatic heterocycles. The minimum Gasteiger partial charge on any atom is -0.467 e. The van der Waals surface area contributed by atoms with Crippen molar-refractivity contribution in [1.29, 1.82) is 0 Å². The number of carbonyl (C=O) groups is 2. The normalized spacial score (nSPS) is 14.9. The van der Waals surface area contributed by atoms with Crippen LogP contribution in [0, 0.1) is 0 Å². The zero-order chi connectivity index (χ0) is 29.0. The van der Waals surface area contributed by atoms with Crippen LogP contribution in [0.5, 0.6) is 0 Å². The molecule has 216 valence electrons. The van der Waals surface area contributed by atoms with E-state index in [1.165, 1.54) is 32.3 Å². The monoisotopic (exact) mass is 578 g/mol. The maximum absolute atomic E-state index is 14.1. The minimum absolute atomic E-state index is 0.0118. The van der Waals surface area contributed by atoms with Crippen LogP contribution >= 0.6 is 0 Å². The second kappa shape index (κ2) is 12.2. The van der Waals surface area contributed by atoms with Crippen molar-refractivity contribution in [1.82, 2.24) is 24.6 Å². The lowest BCUT2D eigenvalue weighted by Gasteiger charge is -2.31. The van der Waals surface area contributed by atoms with Crippen molar-refractivity contribution in [2.45, 2.75) is 63.1 Å². The Morgan fingerprint density at radius 2 is 1.73 bits per heavy atom. The molecule has 2 aromatic heterocycles. The molecule has 0 bridgehead atoms. The lowest BCUT2D eigenvalue weighted by molar-refractivity contribution is -0.127. The molecule has 2 amide bonds. The summed E-state index contributed by atoms with van der Waals surface area (Å²) in [6.07, 6.45) is 5.25. The van der Waals surface area contributed by atoms with E-state index in [0.29, 0.717) is 29.8 Å². The number of aromatic nitrogens is 3. The smallest absolute Gasteiger partial charge is 0.251 e. The zero-order valence-electron chi connectivity index (χ0n) is 23.1. The lowest BCUT2D eigenvalue weighted by Crippen LogP contribution is -2.47. The Bertz CT molecular complexity index is 1590. The number of fused-ring (bicyclic) bond motifs is 1. The van der Waals surface area contributed by atoms with Crippen molar-refractivity contribution in [3.05, 3.63) is 72.7 Å². The van der Waals surface area contributed by atoms with E-state index in [-0.39, 0.29) is 29.1 Å². The predicted molar refractivity (Wildman–Crippen MR) is 153 cm³/mol. The fourth-order valence-corrected chi connectivity index (χ4v) is 6.80. The van der Waals surface area contributed by atoms with Crippen molar-refractivity contribution < 1.29 is 22.4 Å². The lowest BCUT2D eigenvalue weighted by atomic mass is 10.1. The third kappa shape index (κ3) is 5.89. The number of anilines is 1. The van der Waals surface area contributed by atoms with E-state index in [1.54, 1.807) is 44.2 Å². The highest BCUT2D eigenvalue weighted by atomic mass is 32.2. The highest BCUT2D eigenvalue weighted by Gasteiger charge is 2.37. The number of para-hydroxylation sites is 1. The van der Waals surface area contributed by atoms with Crippen LogP contribution in [0.1, 0.15) is 51.3 Å². The maximum Gasteiger partial charge on any atom is 0.251 e. The highest BCUT2D eigenvalue weighted by molar-refractivity contribution is 7.89. The van der Waals surface area contributed by atoms with Gasteiger partial charge in [0, 0.05) is 24.8 Å². The van der Waals surface area contributed by atoms with Gasteiger partial charge < -0.3 is 9.73 Å². The van der Waals surface area contributed by atoms with Crippen LogP contribution in [0.3, 0.4) is 0 Å². The van der Waals surface area contributed by atoms with Gasteiger partial charge in [0.15, 0.2) is 6.04 Å². The van der Waals surface area contributed by atoms with Gasteiger partial charge in [-0.25, -0.2) is 13.1 Å². The molecule has 1 aliphatic rings. The minimum atomic E-state index is -3.72. The molecule has 1 saturated carbocycles. The number of rotatable bonds is 11. The van der Waals surface area contributed by atoms with Crippen LogP contribution in [0.25, 0.3) is 11.0 Å². The van der Waals surface area contributed by atoms with Gasteiger partial charge in [0.25, 0.3) is 5.91 Å². The predicted octanol–water partition coefficient (Wildman–Crippen LogP) is 3.89. The molecule has 2 heterocycles. The highest BCUT2D eigenvalue weighted by Crippen LogP contribution is 2.31. The molecule has 12 heteroatoms. The molecule has 0 radical (unpaired) electrons. The standard InChI is InChI=1S/C29H34N6O5S/c1-3-33(4-2)41(38,39)23-17-15-22(16-18-23)35(27(36)20-34-25-13-8-7-12-24(25)31-32-34)28(26-14-9-19-40-26)29(37)30-21-10-5-6-11-21/h7-9,12-19,21,28H,3-6,10-11,20H2,1-2H3,(H,30,37)/t28-/m1/s1. The second-order valence-corrected chi connectivity index (χ2v) is 11.9. The fourth-order valence-electron chi connectivity index (χ4n) is 5.34. The van der Waals surface area contributed by atoms with Gasteiger partial charge >= 0.3 is 0 Å². The molecule has 4 aromatic rings. The van der Waals surface area contributed by atoms with Gasteiger partial charge in [-0.2, -0.15) is 4.31 Å². The molecule has 0 unspecified atom stereocenters. The largest absolute Gasteiger partial charge is 0.467 e. The van der Waals surface area contributed by atoms with E-state index >= 15 is 0 Å². The number of carbonyl (C=O) groups excluding carboxylic acids is 2. The van der Waals surface area contributed by atoms with Crippen LogP contribution in [-0.2, 0) is 26.2 Å². The van der Waals surface area contributed by atoms with E-state index in [1.807, 2.05) is 18.2 Å². The molecule has 11 nitrogen and oxygen atoms in total. The number of furan rings is 1. The Labute approximate surface area is 239 Å². The van der Waals surface area contributed by atoms with Crippen molar-refractivity contribution in [2.75, 3.05) is 18.0 Å². The molecular formula is C29H34N6O5S. The van der Waals surface area contributed by atoms with Crippen LogP contribution in [0.4, 0.5) is 5.69 Å². The first-order valence-electron chi connectivity index (χ1n) is 13.9. The average Bonchev–Trinajstić information content (AvgIpc) is 3.76. The van der Waals surface area contributed by atoms with Crippen LogP contribution in [-0.4, -0.2) is 58.7 Å². The Kier molecular flexibility index (Phi) is 8.50. The molecule has 1 aliphatic carbocycles. The van der Waals surface area contributed by atoms with Crippen molar-refractivity contribution >= 4 is 38.6 Å². The van der Waals surface area contributed by atoms with Crippen LogP contribution in [0.2, 0.25) is 0 Å². The number of sulfonamides is 1. The molecule has 0 spiro atoms. The molecule has 1 fully saturated rings. The number of amides is 2. The maximum atomic E-state index is 14.1. The van der Waals surface area contributed by atoms with Gasteiger partial charge in [0.2, 0.25) is 15.9 Å². The summed E-state index contributed by atoms with van der Waals surface area (Å²) in [5.41, 5.74) is 1.66. The van der Waals surface area contributed by atoms with Gasteiger partial charge in [-0.15, -0.1) is 5.10 Å². The van der Waals surface area contributed by atoms with Crippen molar-refractivity contribution in [3.8, 4) is 0 Å². The Morgan fingerprint density at radius 3 is 2.39 bits per heavy atom. The summed E-state index contributed by atoms with van der Waals surface area (Å²) in [6.45, 7) is 4.02. The molecule has 41 heavy (non-hydrogen) atoms. The third-order valence-electron chi connectivity index (χ3n) is 7.45. The number of nitrogens with zero attached hydrogens (tertiary/aromatic N) is 5. The molecule has 2 aromatic carbocycles. The molecule has 1 atom stereocenters. The Balaban J connectivity index is 1.55. The van der Waals surface area contributed by atoms with Gasteiger partial charge in [-0.1, -0.05) is 44.0 Å². The first-order chi connectivity index (χ1) is 19.8. The molecule has 0 saturated heterocycles. The van der Waals surface area contributed by atoms with E-state index in [9.17, 15) is 18.0 Å². The first kappa shape index (κ1) is 28.5. The van der Waals surface area contributed by atoms with Crippen molar-refractivity contribution in [3.63, 3.8) is 0 Å².